The lowest BCUT2D eigenvalue weighted by molar-refractivity contribution is -0.160. The number of nitrogens with one attached hydrogen (secondary N) is 2. The summed E-state index contributed by atoms with van der Waals surface area (Å²) in [5.74, 6) is -2.98. The Balaban J connectivity index is 0.000000212. The van der Waals surface area contributed by atoms with Crippen LogP contribution in [0.4, 0.5) is 20.2 Å². The summed E-state index contributed by atoms with van der Waals surface area (Å²) in [7, 11) is 0. The summed E-state index contributed by atoms with van der Waals surface area (Å²) < 4.78 is 37.7. The topological polar surface area (TPSA) is 192 Å². The van der Waals surface area contributed by atoms with Crippen LogP contribution >= 0.6 is 0 Å². The summed E-state index contributed by atoms with van der Waals surface area (Å²) in [6, 6.07) is 50.1. The fourth-order valence-electron chi connectivity index (χ4n) is 10.7. The molecule has 1 aliphatic heterocycles. The number of aliphatic carboxylic acids is 1. The Morgan fingerprint density at radius 3 is 1.38 bits per heavy atom. The number of aromatic nitrogens is 2. The maximum Gasteiger partial charge on any atom is 0.308 e. The molecule has 0 bridgehead atoms. The van der Waals surface area contributed by atoms with E-state index in [9.17, 15) is 43.3 Å². The van der Waals surface area contributed by atoms with Crippen LogP contribution in [0.2, 0.25) is 0 Å². The standard InChI is InChI=1S/C33H35FN2O5.C33H33FN2O4/c1-21(2)31-30(33(41)35-25-11-7-4-8-12-25)29(22-9-5-3-6-10-22)32(23-13-15-24(34)16-14-23)36(31)18-17-26(37)19-27(38)20-28(39)40;1-21(2)31-30(33(39)35-25-11-7-4-8-12-25)29(22-9-5-3-6-10-22)32(23-13-15-24(34)16-14-23)36(31)18-17-27-19-26(37)20-28(38)40-27/h3-16,21,26-27,37-38H,17-20H2,1-2H3,(H,35,41)(H,39,40);3-16,21,26-27,37H,17-20H2,1-2H3,(H,35,39)/t2*26-,27-/m11/s1. The number of carboxylic acid groups (broad SMARTS) is 1. The number of aliphatic hydroxyl groups excluding tert-OH is 3. The predicted molar refractivity (Wildman–Crippen MR) is 311 cm³/mol. The maximum atomic E-state index is 14.1. The molecule has 420 valence electrons. The Morgan fingerprint density at radius 1 is 0.580 bits per heavy atom. The second-order valence-electron chi connectivity index (χ2n) is 20.9. The van der Waals surface area contributed by atoms with Crippen LogP contribution in [-0.2, 0) is 27.4 Å². The molecular formula is C66H68F2N4O9. The van der Waals surface area contributed by atoms with Crippen LogP contribution in [0.25, 0.3) is 44.8 Å². The molecule has 81 heavy (non-hydrogen) atoms. The lowest BCUT2D eigenvalue weighted by Crippen LogP contribution is -2.33. The average Bonchev–Trinajstić information content (AvgIpc) is 4.16. The monoisotopic (exact) mass is 1100 g/mol. The molecule has 15 heteroatoms. The highest BCUT2D eigenvalue weighted by Crippen LogP contribution is 2.45. The molecule has 2 amide bonds. The number of benzene rings is 6. The number of nitrogens with zero attached hydrogens (tertiary/aromatic N) is 2. The molecule has 0 saturated carbocycles. The van der Waals surface area contributed by atoms with Crippen molar-refractivity contribution in [1.82, 2.24) is 9.13 Å². The number of hydrogen-bond donors (Lipinski definition) is 6. The summed E-state index contributed by atoms with van der Waals surface area (Å²) >= 11 is 0. The van der Waals surface area contributed by atoms with Gasteiger partial charge in [-0.25, -0.2) is 8.78 Å². The van der Waals surface area contributed by atoms with E-state index < -0.39 is 42.8 Å². The number of amides is 2. The van der Waals surface area contributed by atoms with Crippen LogP contribution in [0.1, 0.15) is 110 Å². The highest BCUT2D eigenvalue weighted by Gasteiger charge is 2.34. The van der Waals surface area contributed by atoms with E-state index >= 15 is 0 Å². The van der Waals surface area contributed by atoms with Gasteiger partial charge in [0.2, 0.25) is 0 Å². The molecule has 6 aromatic carbocycles. The molecule has 0 unspecified atom stereocenters. The van der Waals surface area contributed by atoms with Gasteiger partial charge in [-0.2, -0.15) is 0 Å². The van der Waals surface area contributed by atoms with Gasteiger partial charge in [-0.05, 0) is 120 Å². The number of esters is 1. The lowest BCUT2D eigenvalue weighted by Gasteiger charge is -2.27. The van der Waals surface area contributed by atoms with Gasteiger partial charge in [-0.1, -0.05) is 125 Å². The van der Waals surface area contributed by atoms with E-state index in [-0.39, 0.29) is 61.1 Å². The molecule has 4 atom stereocenters. The first-order chi connectivity index (χ1) is 39.0. The van der Waals surface area contributed by atoms with Crippen LogP contribution in [0.15, 0.2) is 170 Å². The van der Waals surface area contributed by atoms with E-state index in [2.05, 4.69) is 15.2 Å². The number of para-hydroxylation sites is 2. The first kappa shape index (κ1) is 58.6. The minimum Gasteiger partial charge on any atom is -0.481 e. The average molecular weight is 1100 g/mol. The molecule has 0 aliphatic carbocycles. The number of carbonyl (C=O) groups excluding carboxylic acids is 3. The first-order valence-corrected chi connectivity index (χ1v) is 27.3. The van der Waals surface area contributed by atoms with Gasteiger partial charge in [0.05, 0.1) is 53.7 Å². The third-order valence-corrected chi connectivity index (χ3v) is 14.1. The Hall–Kier alpha value is -8.50. The van der Waals surface area contributed by atoms with Gasteiger partial charge in [0.1, 0.15) is 17.7 Å². The summed E-state index contributed by atoms with van der Waals surface area (Å²) in [6.45, 7) is 8.77. The fraction of sp³-hybridized carbons (Fsp3) is 0.273. The van der Waals surface area contributed by atoms with Gasteiger partial charge < -0.3 is 44.9 Å². The SMILES string of the molecule is CC(C)c1c(C(=O)Nc2ccccc2)c(-c2ccccc2)c(-c2ccc(F)cc2)n1CC[C@@H](O)C[C@@H](O)CC(=O)O.CC(C)c1c(C(=O)Nc2ccccc2)c(-c2ccccc2)c(-c2ccc(F)cc2)n1CC[C@@H]1C[C@@H](O)CC(=O)O1. The van der Waals surface area contributed by atoms with E-state index in [1.807, 2.05) is 154 Å². The molecule has 9 rings (SSSR count). The van der Waals surface area contributed by atoms with Crippen molar-refractivity contribution in [2.45, 2.75) is 116 Å². The number of carboxylic acids is 1. The minimum atomic E-state index is -1.18. The zero-order valence-electron chi connectivity index (χ0n) is 45.8. The third-order valence-electron chi connectivity index (χ3n) is 14.1. The first-order valence-electron chi connectivity index (χ1n) is 27.3. The van der Waals surface area contributed by atoms with Gasteiger partial charge in [-0.3, -0.25) is 19.2 Å². The Labute approximate surface area is 470 Å². The van der Waals surface area contributed by atoms with Crippen molar-refractivity contribution in [2.75, 3.05) is 10.6 Å². The second-order valence-corrected chi connectivity index (χ2v) is 20.9. The Bertz CT molecular complexity index is 3400. The quantitative estimate of drug-likeness (QED) is 0.0403. The zero-order chi connectivity index (χ0) is 57.7. The van der Waals surface area contributed by atoms with Crippen molar-refractivity contribution >= 4 is 35.1 Å². The van der Waals surface area contributed by atoms with Crippen LogP contribution in [-0.4, -0.2) is 77.7 Å². The van der Waals surface area contributed by atoms with E-state index in [1.54, 1.807) is 24.3 Å². The predicted octanol–water partition coefficient (Wildman–Crippen LogP) is 13.1. The summed E-state index contributed by atoms with van der Waals surface area (Å²) in [5.41, 5.74) is 10.00. The molecule has 1 fully saturated rings. The van der Waals surface area contributed by atoms with E-state index in [1.165, 1.54) is 24.3 Å². The van der Waals surface area contributed by atoms with E-state index in [0.717, 1.165) is 39.3 Å². The summed E-state index contributed by atoms with van der Waals surface area (Å²) in [5, 5.41) is 46.0. The van der Waals surface area contributed by atoms with E-state index in [0.29, 0.717) is 58.7 Å². The number of anilines is 2. The second kappa shape index (κ2) is 27.1. The summed E-state index contributed by atoms with van der Waals surface area (Å²) in [4.78, 5) is 51.1. The summed E-state index contributed by atoms with van der Waals surface area (Å²) in [6.07, 6.45) is -2.86. The van der Waals surface area contributed by atoms with Gasteiger partial charge in [-0.15, -0.1) is 0 Å². The minimum absolute atomic E-state index is 0.0000536. The van der Waals surface area contributed by atoms with Crippen molar-refractivity contribution in [2.24, 2.45) is 0 Å². The van der Waals surface area contributed by atoms with Crippen LogP contribution in [0.5, 0.6) is 0 Å². The highest BCUT2D eigenvalue weighted by atomic mass is 19.1. The smallest absolute Gasteiger partial charge is 0.308 e. The fourth-order valence-corrected chi connectivity index (χ4v) is 10.7. The van der Waals surface area contributed by atoms with Crippen molar-refractivity contribution in [3.63, 3.8) is 0 Å². The highest BCUT2D eigenvalue weighted by molar-refractivity contribution is 6.13. The molecule has 3 heterocycles. The van der Waals surface area contributed by atoms with Crippen molar-refractivity contribution in [3.8, 4) is 44.8 Å². The largest absolute Gasteiger partial charge is 0.481 e. The molecular weight excluding hydrogens is 1030 g/mol. The number of aliphatic hydroxyl groups is 3. The molecule has 1 saturated heterocycles. The normalized spacial score (nSPS) is 14.9. The number of hydrogen-bond acceptors (Lipinski definition) is 8. The van der Waals surface area contributed by atoms with Crippen LogP contribution in [0.3, 0.4) is 0 Å². The number of ether oxygens (including phenoxy) is 1. The molecule has 2 aromatic heterocycles. The van der Waals surface area contributed by atoms with Crippen molar-refractivity contribution < 1.29 is 53.1 Å². The molecule has 1 aliphatic rings. The molecule has 8 aromatic rings. The number of cyclic esters (lactones) is 1. The van der Waals surface area contributed by atoms with Gasteiger partial charge in [0.25, 0.3) is 11.8 Å². The maximum absolute atomic E-state index is 14.1. The zero-order valence-corrected chi connectivity index (χ0v) is 45.8. The molecule has 13 nitrogen and oxygen atoms in total. The molecule has 0 spiro atoms. The van der Waals surface area contributed by atoms with Gasteiger partial charge in [0, 0.05) is 59.8 Å². The number of carbonyl (C=O) groups is 4. The van der Waals surface area contributed by atoms with Crippen molar-refractivity contribution in [1.29, 1.82) is 0 Å². The third kappa shape index (κ3) is 14.7. The lowest BCUT2D eigenvalue weighted by atomic mass is 9.94. The van der Waals surface area contributed by atoms with Crippen LogP contribution in [0, 0.1) is 11.6 Å². The number of halogens is 2. The van der Waals surface area contributed by atoms with Gasteiger partial charge >= 0.3 is 11.9 Å². The number of rotatable bonds is 20. The van der Waals surface area contributed by atoms with Crippen LogP contribution < -0.4 is 10.6 Å². The molecule has 0 radical (unpaired) electrons. The molecule has 6 N–H and O–H groups in total. The Kier molecular flexibility index (Phi) is 19.6. The van der Waals surface area contributed by atoms with Crippen molar-refractivity contribution in [3.05, 3.63) is 204 Å². The Morgan fingerprint density at radius 2 is 0.988 bits per heavy atom. The van der Waals surface area contributed by atoms with Gasteiger partial charge in [0.15, 0.2) is 0 Å². The van der Waals surface area contributed by atoms with E-state index in [4.69, 9.17) is 9.84 Å².